The fourth-order valence-corrected chi connectivity index (χ4v) is 3.38. The molecule has 1 atom stereocenters. The highest BCUT2D eigenvalue weighted by atomic mass is 16.5. The van der Waals surface area contributed by atoms with Crippen LogP contribution < -0.4 is 0 Å². The SMILES string of the molecule is CCOC1(C(O)CCc2ccnn2C)CCCCCC1. The largest absolute Gasteiger partial charge is 0.390 e. The molecule has 114 valence electrons. The highest BCUT2D eigenvalue weighted by Crippen LogP contribution is 2.35. The predicted octanol–water partition coefficient (Wildman–Crippen LogP) is 2.84. The van der Waals surface area contributed by atoms with Gasteiger partial charge in [-0.05, 0) is 38.7 Å². The average Bonchev–Trinajstić information content (AvgIpc) is 2.70. The van der Waals surface area contributed by atoms with Crippen LogP contribution in [0.15, 0.2) is 12.3 Å². The zero-order valence-corrected chi connectivity index (χ0v) is 12.8. The molecule has 0 aliphatic heterocycles. The molecule has 1 aromatic heterocycles. The maximum atomic E-state index is 10.7. The van der Waals surface area contributed by atoms with Crippen LogP contribution in [0.2, 0.25) is 0 Å². The zero-order valence-electron chi connectivity index (χ0n) is 12.8. The Balaban J connectivity index is 1.98. The zero-order chi connectivity index (χ0) is 14.4. The van der Waals surface area contributed by atoms with Crippen molar-refractivity contribution in [3.8, 4) is 0 Å². The number of rotatable bonds is 6. The summed E-state index contributed by atoms with van der Waals surface area (Å²) in [6.45, 7) is 2.71. The lowest BCUT2D eigenvalue weighted by atomic mass is 9.85. The lowest BCUT2D eigenvalue weighted by molar-refractivity contribution is -0.131. The Morgan fingerprint density at radius 3 is 2.60 bits per heavy atom. The minimum absolute atomic E-state index is 0.316. The van der Waals surface area contributed by atoms with Gasteiger partial charge in [0.1, 0.15) is 0 Å². The average molecular weight is 280 g/mol. The number of hydrogen-bond acceptors (Lipinski definition) is 3. The summed E-state index contributed by atoms with van der Waals surface area (Å²) in [5, 5.41) is 14.9. The molecule has 0 saturated heterocycles. The smallest absolute Gasteiger partial charge is 0.0940 e. The summed E-state index contributed by atoms with van der Waals surface area (Å²) >= 11 is 0. The van der Waals surface area contributed by atoms with E-state index in [1.807, 2.05) is 30.9 Å². The quantitative estimate of drug-likeness (QED) is 0.815. The van der Waals surface area contributed by atoms with Gasteiger partial charge in [-0.3, -0.25) is 4.68 Å². The Bertz CT molecular complexity index is 395. The van der Waals surface area contributed by atoms with Crippen molar-refractivity contribution in [1.82, 2.24) is 9.78 Å². The van der Waals surface area contributed by atoms with Gasteiger partial charge in [0.25, 0.3) is 0 Å². The van der Waals surface area contributed by atoms with Crippen molar-refractivity contribution in [3.63, 3.8) is 0 Å². The van der Waals surface area contributed by atoms with Crippen LogP contribution in [-0.4, -0.2) is 33.2 Å². The van der Waals surface area contributed by atoms with Gasteiger partial charge in [0.2, 0.25) is 0 Å². The first-order valence-electron chi connectivity index (χ1n) is 7.97. The van der Waals surface area contributed by atoms with Gasteiger partial charge in [-0.1, -0.05) is 25.7 Å². The molecule has 1 aliphatic carbocycles. The van der Waals surface area contributed by atoms with Gasteiger partial charge in [-0.25, -0.2) is 0 Å². The highest BCUT2D eigenvalue weighted by Gasteiger charge is 2.38. The van der Waals surface area contributed by atoms with Crippen molar-refractivity contribution in [3.05, 3.63) is 18.0 Å². The van der Waals surface area contributed by atoms with Crippen molar-refractivity contribution < 1.29 is 9.84 Å². The maximum Gasteiger partial charge on any atom is 0.0940 e. The first kappa shape index (κ1) is 15.5. The fourth-order valence-electron chi connectivity index (χ4n) is 3.38. The Morgan fingerprint density at radius 2 is 2.05 bits per heavy atom. The number of ether oxygens (including phenoxy) is 1. The molecule has 1 saturated carbocycles. The number of nitrogens with zero attached hydrogens (tertiary/aromatic N) is 2. The predicted molar refractivity (Wildman–Crippen MR) is 79.6 cm³/mol. The third-order valence-corrected chi connectivity index (χ3v) is 4.59. The summed E-state index contributed by atoms with van der Waals surface area (Å²) in [4.78, 5) is 0. The number of aliphatic hydroxyl groups excluding tert-OH is 1. The van der Waals surface area contributed by atoms with E-state index in [9.17, 15) is 5.11 Å². The molecule has 1 N–H and O–H groups in total. The lowest BCUT2D eigenvalue weighted by Crippen LogP contribution is -2.45. The minimum atomic E-state index is -0.379. The van der Waals surface area contributed by atoms with E-state index < -0.39 is 0 Å². The monoisotopic (exact) mass is 280 g/mol. The van der Waals surface area contributed by atoms with Crippen LogP contribution in [-0.2, 0) is 18.2 Å². The Kier molecular flexibility index (Phi) is 5.61. The third-order valence-electron chi connectivity index (χ3n) is 4.59. The van der Waals surface area contributed by atoms with Crippen LogP contribution in [0.4, 0.5) is 0 Å². The molecule has 2 rings (SSSR count). The molecular formula is C16H28N2O2. The normalized spacial score (nSPS) is 20.6. The molecule has 20 heavy (non-hydrogen) atoms. The second kappa shape index (κ2) is 7.23. The van der Waals surface area contributed by atoms with Gasteiger partial charge >= 0.3 is 0 Å². The van der Waals surface area contributed by atoms with Gasteiger partial charge in [0.05, 0.1) is 11.7 Å². The number of aryl methyl sites for hydroxylation is 2. The minimum Gasteiger partial charge on any atom is -0.390 e. The molecule has 1 aliphatic rings. The molecule has 0 spiro atoms. The van der Waals surface area contributed by atoms with E-state index in [0.717, 1.165) is 25.7 Å². The first-order valence-corrected chi connectivity index (χ1v) is 7.97. The molecule has 0 bridgehead atoms. The van der Waals surface area contributed by atoms with Gasteiger partial charge < -0.3 is 9.84 Å². The molecule has 4 heteroatoms. The van der Waals surface area contributed by atoms with E-state index in [0.29, 0.717) is 6.61 Å². The second-order valence-electron chi connectivity index (χ2n) is 5.91. The first-order chi connectivity index (χ1) is 9.68. The molecule has 1 unspecified atom stereocenters. The van der Waals surface area contributed by atoms with E-state index in [1.54, 1.807) is 0 Å². The lowest BCUT2D eigenvalue weighted by Gasteiger charge is -2.37. The van der Waals surface area contributed by atoms with Crippen LogP contribution in [0.1, 0.15) is 57.6 Å². The van der Waals surface area contributed by atoms with Crippen LogP contribution >= 0.6 is 0 Å². The van der Waals surface area contributed by atoms with Crippen molar-refractivity contribution in [2.45, 2.75) is 70.0 Å². The molecular weight excluding hydrogens is 252 g/mol. The van der Waals surface area contributed by atoms with E-state index in [2.05, 4.69) is 5.10 Å². The summed E-state index contributed by atoms with van der Waals surface area (Å²) in [5.41, 5.74) is 0.855. The summed E-state index contributed by atoms with van der Waals surface area (Å²) in [7, 11) is 1.95. The molecule has 1 fully saturated rings. The third kappa shape index (κ3) is 3.61. The number of hydrogen-bond donors (Lipinski definition) is 1. The molecule has 1 heterocycles. The standard InChI is InChI=1S/C16H28N2O2/c1-3-20-16(11-6-4-5-7-12-16)15(19)9-8-14-10-13-17-18(14)2/h10,13,15,19H,3-9,11-12H2,1-2H3. The van der Waals surface area contributed by atoms with Crippen LogP contribution in [0.3, 0.4) is 0 Å². The molecule has 4 nitrogen and oxygen atoms in total. The van der Waals surface area contributed by atoms with Crippen LogP contribution in [0.25, 0.3) is 0 Å². The summed E-state index contributed by atoms with van der Waals surface area (Å²) < 4.78 is 7.92. The topological polar surface area (TPSA) is 47.3 Å². The Labute approximate surface area is 122 Å². The van der Waals surface area contributed by atoms with E-state index in [1.165, 1.54) is 31.4 Å². The molecule has 0 aromatic carbocycles. The van der Waals surface area contributed by atoms with Crippen LogP contribution in [0.5, 0.6) is 0 Å². The van der Waals surface area contributed by atoms with Crippen molar-refractivity contribution >= 4 is 0 Å². The van der Waals surface area contributed by atoms with E-state index in [-0.39, 0.29) is 11.7 Å². The second-order valence-corrected chi connectivity index (χ2v) is 5.91. The number of aliphatic hydroxyl groups is 1. The maximum absolute atomic E-state index is 10.7. The van der Waals surface area contributed by atoms with E-state index in [4.69, 9.17) is 4.74 Å². The van der Waals surface area contributed by atoms with Gasteiger partial charge in [0, 0.05) is 25.5 Å². The molecule has 0 amide bonds. The van der Waals surface area contributed by atoms with Crippen LogP contribution in [0, 0.1) is 0 Å². The van der Waals surface area contributed by atoms with Gasteiger partial charge in [-0.15, -0.1) is 0 Å². The van der Waals surface area contributed by atoms with Gasteiger partial charge in [0.15, 0.2) is 0 Å². The number of aromatic nitrogens is 2. The molecule has 1 aromatic rings. The van der Waals surface area contributed by atoms with Crippen molar-refractivity contribution in [2.75, 3.05) is 6.61 Å². The van der Waals surface area contributed by atoms with Crippen molar-refractivity contribution in [2.24, 2.45) is 7.05 Å². The highest BCUT2D eigenvalue weighted by molar-refractivity contribution is 5.01. The van der Waals surface area contributed by atoms with Gasteiger partial charge in [-0.2, -0.15) is 5.10 Å². The Hall–Kier alpha value is -0.870. The summed E-state index contributed by atoms with van der Waals surface area (Å²) in [6.07, 6.45) is 9.90. The Morgan fingerprint density at radius 1 is 1.35 bits per heavy atom. The fraction of sp³-hybridized carbons (Fsp3) is 0.812. The summed E-state index contributed by atoms with van der Waals surface area (Å²) in [5.74, 6) is 0. The van der Waals surface area contributed by atoms with Crippen molar-refractivity contribution in [1.29, 1.82) is 0 Å². The molecule has 0 radical (unpaired) electrons. The summed E-state index contributed by atoms with van der Waals surface area (Å²) in [6, 6.07) is 2.02. The van der Waals surface area contributed by atoms with E-state index >= 15 is 0 Å².